The van der Waals surface area contributed by atoms with E-state index in [0.717, 1.165) is 5.56 Å². The second-order valence-corrected chi connectivity index (χ2v) is 6.30. The van der Waals surface area contributed by atoms with E-state index in [4.69, 9.17) is 10.00 Å². The van der Waals surface area contributed by atoms with E-state index in [0.29, 0.717) is 18.1 Å². The van der Waals surface area contributed by atoms with Crippen LogP contribution >= 0.6 is 0 Å². The van der Waals surface area contributed by atoms with Gasteiger partial charge in [0.2, 0.25) is 0 Å². The molecular formula is C19H27NO. The Balaban J connectivity index is 1.78. The molecule has 0 amide bonds. The van der Waals surface area contributed by atoms with Gasteiger partial charge in [0.25, 0.3) is 0 Å². The lowest BCUT2D eigenvalue weighted by atomic mass is 9.82. The summed E-state index contributed by atoms with van der Waals surface area (Å²) in [5, 5.41) is 8.85. The molecule has 2 rings (SSSR count). The third-order valence-electron chi connectivity index (χ3n) is 4.57. The molecule has 1 unspecified atom stereocenters. The third kappa shape index (κ3) is 4.86. The zero-order chi connectivity index (χ0) is 15.1. The summed E-state index contributed by atoms with van der Waals surface area (Å²) in [4.78, 5) is 0. The molecule has 2 heteroatoms. The standard InChI is InChI=1S/C19H27NO/c1-3-4-5-15(2)21-19-12-10-18(11-13-19)17-8-6-16(14-20)7-9-17/h6-9,15,18-19H,3-5,10-13H2,1-2H3. The monoisotopic (exact) mass is 285 g/mol. The zero-order valence-corrected chi connectivity index (χ0v) is 13.3. The first-order valence-electron chi connectivity index (χ1n) is 8.38. The van der Waals surface area contributed by atoms with E-state index in [-0.39, 0.29) is 0 Å². The molecule has 1 fully saturated rings. The van der Waals surface area contributed by atoms with Crippen molar-refractivity contribution in [1.29, 1.82) is 5.26 Å². The highest BCUT2D eigenvalue weighted by Crippen LogP contribution is 2.34. The lowest BCUT2D eigenvalue weighted by Crippen LogP contribution is -2.25. The lowest BCUT2D eigenvalue weighted by Gasteiger charge is -2.31. The van der Waals surface area contributed by atoms with Crippen LogP contribution in [-0.4, -0.2) is 12.2 Å². The van der Waals surface area contributed by atoms with Crippen molar-refractivity contribution >= 4 is 0 Å². The first-order chi connectivity index (χ1) is 10.2. The molecular weight excluding hydrogens is 258 g/mol. The van der Waals surface area contributed by atoms with Crippen LogP contribution < -0.4 is 0 Å². The van der Waals surface area contributed by atoms with Gasteiger partial charge in [-0.1, -0.05) is 31.9 Å². The van der Waals surface area contributed by atoms with Gasteiger partial charge in [0.1, 0.15) is 0 Å². The second kappa shape index (κ2) is 8.20. The Morgan fingerprint density at radius 3 is 2.43 bits per heavy atom. The first kappa shape index (κ1) is 16.0. The molecule has 1 saturated carbocycles. The Morgan fingerprint density at radius 1 is 1.19 bits per heavy atom. The van der Waals surface area contributed by atoms with E-state index in [1.54, 1.807) is 0 Å². The van der Waals surface area contributed by atoms with Crippen LogP contribution in [0.2, 0.25) is 0 Å². The average molecular weight is 285 g/mol. The normalized spacial score (nSPS) is 23.5. The summed E-state index contributed by atoms with van der Waals surface area (Å²) in [5.74, 6) is 0.642. The predicted molar refractivity (Wildman–Crippen MR) is 86.2 cm³/mol. The van der Waals surface area contributed by atoms with Gasteiger partial charge < -0.3 is 4.74 Å². The fourth-order valence-corrected chi connectivity index (χ4v) is 3.25. The topological polar surface area (TPSA) is 33.0 Å². The highest BCUT2D eigenvalue weighted by atomic mass is 16.5. The van der Waals surface area contributed by atoms with Crippen molar-refractivity contribution in [3.63, 3.8) is 0 Å². The van der Waals surface area contributed by atoms with E-state index >= 15 is 0 Å². The summed E-state index contributed by atoms with van der Waals surface area (Å²) in [6.07, 6.45) is 9.30. The van der Waals surface area contributed by atoms with Gasteiger partial charge in [0.05, 0.1) is 23.8 Å². The highest BCUT2D eigenvalue weighted by molar-refractivity contribution is 5.33. The third-order valence-corrected chi connectivity index (χ3v) is 4.57. The Labute approximate surface area is 129 Å². The first-order valence-corrected chi connectivity index (χ1v) is 8.38. The fraction of sp³-hybridized carbons (Fsp3) is 0.632. The van der Waals surface area contributed by atoms with Crippen molar-refractivity contribution in [3.8, 4) is 6.07 Å². The van der Waals surface area contributed by atoms with Crippen LogP contribution in [-0.2, 0) is 4.74 Å². The smallest absolute Gasteiger partial charge is 0.0991 e. The number of unbranched alkanes of at least 4 members (excludes halogenated alkanes) is 1. The molecule has 1 atom stereocenters. The van der Waals surface area contributed by atoms with Gasteiger partial charge in [-0.05, 0) is 62.6 Å². The Kier molecular flexibility index (Phi) is 6.26. The molecule has 0 saturated heterocycles. The van der Waals surface area contributed by atoms with E-state index in [9.17, 15) is 0 Å². The SMILES string of the molecule is CCCCC(C)OC1CCC(c2ccc(C#N)cc2)CC1. The minimum atomic E-state index is 0.404. The molecule has 1 aliphatic carbocycles. The molecule has 0 aliphatic heterocycles. The molecule has 0 radical (unpaired) electrons. The Bertz CT molecular complexity index is 451. The molecule has 1 aromatic rings. The number of benzene rings is 1. The van der Waals surface area contributed by atoms with Crippen molar-refractivity contribution in [2.75, 3.05) is 0 Å². The van der Waals surface area contributed by atoms with Gasteiger partial charge >= 0.3 is 0 Å². The molecule has 0 spiro atoms. The van der Waals surface area contributed by atoms with Crippen LogP contribution in [0.25, 0.3) is 0 Å². The van der Waals surface area contributed by atoms with Gasteiger partial charge in [-0.3, -0.25) is 0 Å². The average Bonchev–Trinajstić information content (AvgIpc) is 2.54. The molecule has 2 nitrogen and oxygen atoms in total. The molecule has 0 N–H and O–H groups in total. The predicted octanol–water partition coefficient (Wildman–Crippen LogP) is 5.18. The maximum atomic E-state index is 8.85. The molecule has 0 heterocycles. The molecule has 1 aliphatic rings. The molecule has 21 heavy (non-hydrogen) atoms. The summed E-state index contributed by atoms with van der Waals surface area (Å²) in [7, 11) is 0. The number of rotatable bonds is 6. The van der Waals surface area contributed by atoms with Crippen molar-refractivity contribution in [2.45, 2.75) is 76.9 Å². The van der Waals surface area contributed by atoms with Crippen molar-refractivity contribution < 1.29 is 4.74 Å². The van der Waals surface area contributed by atoms with Gasteiger partial charge in [-0.15, -0.1) is 0 Å². The molecule has 114 valence electrons. The van der Waals surface area contributed by atoms with Crippen LogP contribution in [0.5, 0.6) is 0 Å². The van der Waals surface area contributed by atoms with Crippen LogP contribution in [0.4, 0.5) is 0 Å². The summed E-state index contributed by atoms with van der Waals surface area (Å²) >= 11 is 0. The number of nitrogens with zero attached hydrogens (tertiary/aromatic N) is 1. The van der Waals surface area contributed by atoms with E-state index in [2.05, 4.69) is 32.0 Å². The summed E-state index contributed by atoms with van der Waals surface area (Å²) in [5.41, 5.74) is 2.13. The lowest BCUT2D eigenvalue weighted by molar-refractivity contribution is -0.0275. The van der Waals surface area contributed by atoms with Gasteiger partial charge in [-0.25, -0.2) is 0 Å². The number of ether oxygens (including phenoxy) is 1. The number of nitriles is 1. The summed E-state index contributed by atoms with van der Waals surface area (Å²) in [6.45, 7) is 4.44. The van der Waals surface area contributed by atoms with E-state index in [1.807, 2.05) is 12.1 Å². The van der Waals surface area contributed by atoms with Crippen molar-refractivity contribution in [1.82, 2.24) is 0 Å². The second-order valence-electron chi connectivity index (χ2n) is 6.30. The van der Waals surface area contributed by atoms with Crippen LogP contribution in [0.15, 0.2) is 24.3 Å². The zero-order valence-electron chi connectivity index (χ0n) is 13.3. The van der Waals surface area contributed by atoms with E-state index in [1.165, 1.54) is 50.5 Å². The molecule has 1 aromatic carbocycles. The number of hydrogen-bond donors (Lipinski definition) is 0. The minimum Gasteiger partial charge on any atom is -0.375 e. The fourth-order valence-electron chi connectivity index (χ4n) is 3.25. The van der Waals surface area contributed by atoms with Gasteiger partial charge in [0, 0.05) is 0 Å². The summed E-state index contributed by atoms with van der Waals surface area (Å²) < 4.78 is 6.17. The highest BCUT2D eigenvalue weighted by Gasteiger charge is 2.23. The van der Waals surface area contributed by atoms with Crippen molar-refractivity contribution in [2.24, 2.45) is 0 Å². The van der Waals surface area contributed by atoms with Crippen LogP contribution in [0.3, 0.4) is 0 Å². The van der Waals surface area contributed by atoms with Crippen LogP contribution in [0.1, 0.15) is 75.8 Å². The van der Waals surface area contributed by atoms with Crippen LogP contribution in [0, 0.1) is 11.3 Å². The number of hydrogen-bond acceptors (Lipinski definition) is 2. The largest absolute Gasteiger partial charge is 0.375 e. The van der Waals surface area contributed by atoms with Gasteiger partial charge in [0.15, 0.2) is 0 Å². The Morgan fingerprint density at radius 2 is 1.86 bits per heavy atom. The minimum absolute atomic E-state index is 0.404. The van der Waals surface area contributed by atoms with E-state index < -0.39 is 0 Å². The maximum absolute atomic E-state index is 8.85. The van der Waals surface area contributed by atoms with Crippen molar-refractivity contribution in [3.05, 3.63) is 35.4 Å². The van der Waals surface area contributed by atoms with Gasteiger partial charge in [-0.2, -0.15) is 5.26 Å². The molecule has 0 bridgehead atoms. The molecule has 0 aromatic heterocycles. The Hall–Kier alpha value is -1.33. The summed E-state index contributed by atoms with van der Waals surface area (Å²) in [6, 6.07) is 10.3. The maximum Gasteiger partial charge on any atom is 0.0991 e. The quantitative estimate of drug-likeness (QED) is 0.721.